The van der Waals surface area contributed by atoms with Crippen LogP contribution < -0.4 is 5.32 Å². The van der Waals surface area contributed by atoms with Gasteiger partial charge in [0.25, 0.3) is 0 Å². The number of rotatable bonds is 40. The summed E-state index contributed by atoms with van der Waals surface area (Å²) < 4.78 is 0. The van der Waals surface area contributed by atoms with E-state index < -0.39 is 18.2 Å². The number of carbonyl (C=O) groups excluding carboxylic acids is 1. The summed E-state index contributed by atoms with van der Waals surface area (Å²) in [5.41, 5.74) is 0. The number of aliphatic hydroxyl groups excluding tert-OH is 3. The molecular weight excluding hydrogens is 618 g/mol. The number of carbonyl (C=O) groups is 1. The molecule has 5 heteroatoms. The standard InChI is InChI=1S/C45H87NO4/c1-3-5-7-9-11-13-14-15-16-17-18-19-20-21-22-23-24-25-26-27-28-29-30-31-32-34-36-38-40-44(49)46-42(41-47)45(50)43(48)39-37-35-33-12-10-8-6-4-2/h4,6,12,33,42-43,45,47-48,50H,3,5,7-11,13-32,34-41H2,1-2H3,(H,46,49)/b6-4+,33-12+. The van der Waals surface area contributed by atoms with Crippen LogP contribution in [-0.4, -0.2) is 46.1 Å². The maximum absolute atomic E-state index is 12.4. The second-order valence-electron chi connectivity index (χ2n) is 15.3. The van der Waals surface area contributed by atoms with Crippen LogP contribution in [0.15, 0.2) is 24.3 Å². The van der Waals surface area contributed by atoms with Crippen molar-refractivity contribution in [2.24, 2.45) is 0 Å². The first-order valence-corrected chi connectivity index (χ1v) is 22.1. The van der Waals surface area contributed by atoms with Crippen LogP contribution in [0.5, 0.6) is 0 Å². The number of nitrogens with one attached hydrogen (secondary N) is 1. The molecule has 0 aromatic rings. The normalized spacial score (nSPS) is 13.8. The minimum absolute atomic E-state index is 0.158. The second kappa shape index (κ2) is 40.6. The fourth-order valence-corrected chi connectivity index (χ4v) is 6.95. The number of allylic oxidation sites excluding steroid dienone is 4. The molecule has 1 amide bonds. The van der Waals surface area contributed by atoms with Crippen LogP contribution in [0.4, 0.5) is 0 Å². The van der Waals surface area contributed by atoms with Gasteiger partial charge < -0.3 is 20.6 Å². The molecule has 3 unspecified atom stereocenters. The van der Waals surface area contributed by atoms with Gasteiger partial charge >= 0.3 is 0 Å². The monoisotopic (exact) mass is 706 g/mol. The summed E-state index contributed by atoms with van der Waals surface area (Å²) in [5.74, 6) is -0.158. The molecule has 0 radical (unpaired) electrons. The van der Waals surface area contributed by atoms with Gasteiger partial charge in [-0.05, 0) is 45.4 Å². The molecule has 0 aliphatic carbocycles. The van der Waals surface area contributed by atoms with Crippen molar-refractivity contribution >= 4 is 5.91 Å². The molecule has 0 aliphatic heterocycles. The molecule has 0 bridgehead atoms. The van der Waals surface area contributed by atoms with E-state index in [1.54, 1.807) is 0 Å². The highest BCUT2D eigenvalue weighted by molar-refractivity contribution is 5.76. The van der Waals surface area contributed by atoms with Crippen molar-refractivity contribution in [3.05, 3.63) is 24.3 Å². The number of aliphatic hydroxyl groups is 3. The molecule has 0 saturated carbocycles. The van der Waals surface area contributed by atoms with Crippen molar-refractivity contribution in [1.29, 1.82) is 0 Å². The van der Waals surface area contributed by atoms with Gasteiger partial charge in [-0.1, -0.05) is 205 Å². The second-order valence-corrected chi connectivity index (χ2v) is 15.3. The van der Waals surface area contributed by atoms with Gasteiger partial charge in [0.2, 0.25) is 5.91 Å². The maximum atomic E-state index is 12.4. The molecule has 296 valence electrons. The first-order chi connectivity index (χ1) is 24.6. The van der Waals surface area contributed by atoms with E-state index in [9.17, 15) is 20.1 Å². The highest BCUT2D eigenvalue weighted by Crippen LogP contribution is 2.17. The summed E-state index contributed by atoms with van der Waals surface area (Å²) in [6, 6.07) is -0.826. The van der Waals surface area contributed by atoms with Gasteiger partial charge in [-0.2, -0.15) is 0 Å². The molecule has 50 heavy (non-hydrogen) atoms. The Morgan fingerprint density at radius 3 is 1.26 bits per heavy atom. The first-order valence-electron chi connectivity index (χ1n) is 22.1. The third-order valence-corrected chi connectivity index (χ3v) is 10.4. The molecule has 0 rings (SSSR count). The zero-order valence-corrected chi connectivity index (χ0v) is 33.5. The molecule has 0 heterocycles. The van der Waals surface area contributed by atoms with E-state index in [2.05, 4.69) is 30.5 Å². The van der Waals surface area contributed by atoms with Crippen molar-refractivity contribution < 1.29 is 20.1 Å². The number of unbranched alkanes of at least 4 members (excludes halogenated alkanes) is 29. The smallest absolute Gasteiger partial charge is 0.220 e. The quantitative estimate of drug-likeness (QED) is 0.0377. The van der Waals surface area contributed by atoms with Crippen LogP contribution >= 0.6 is 0 Å². The molecule has 0 aromatic heterocycles. The highest BCUT2D eigenvalue weighted by atomic mass is 16.3. The van der Waals surface area contributed by atoms with Crippen LogP contribution in [0.3, 0.4) is 0 Å². The number of hydrogen-bond donors (Lipinski definition) is 4. The fraction of sp³-hybridized carbons (Fsp3) is 0.889. The van der Waals surface area contributed by atoms with Crippen molar-refractivity contribution in [3.8, 4) is 0 Å². The molecule has 0 aliphatic rings. The lowest BCUT2D eigenvalue weighted by molar-refractivity contribution is -0.124. The Morgan fingerprint density at radius 1 is 0.520 bits per heavy atom. The van der Waals surface area contributed by atoms with Crippen LogP contribution in [0, 0.1) is 0 Å². The van der Waals surface area contributed by atoms with Gasteiger partial charge in [-0.25, -0.2) is 0 Å². The maximum Gasteiger partial charge on any atom is 0.220 e. The van der Waals surface area contributed by atoms with Crippen molar-refractivity contribution in [3.63, 3.8) is 0 Å². The number of hydrogen-bond acceptors (Lipinski definition) is 4. The van der Waals surface area contributed by atoms with E-state index in [4.69, 9.17) is 0 Å². The van der Waals surface area contributed by atoms with Crippen molar-refractivity contribution in [2.45, 2.75) is 250 Å². The van der Waals surface area contributed by atoms with Crippen LogP contribution in [0.2, 0.25) is 0 Å². The molecule has 0 saturated heterocycles. The minimum Gasteiger partial charge on any atom is -0.394 e. The molecule has 3 atom stereocenters. The van der Waals surface area contributed by atoms with E-state index >= 15 is 0 Å². The van der Waals surface area contributed by atoms with Gasteiger partial charge in [0.1, 0.15) is 6.10 Å². The summed E-state index contributed by atoms with van der Waals surface area (Å²) in [7, 11) is 0. The predicted octanol–water partition coefficient (Wildman–Crippen LogP) is 12.6. The SMILES string of the molecule is C/C=C/CC/C=C/CCCC(O)C(O)C(CO)NC(=O)CCCCCCCCCCCCCCCCCCCCCCCCCCCCCC. The third kappa shape index (κ3) is 35.2. The van der Waals surface area contributed by atoms with E-state index in [1.165, 1.54) is 161 Å². The van der Waals surface area contributed by atoms with Crippen molar-refractivity contribution in [2.75, 3.05) is 6.61 Å². The largest absolute Gasteiger partial charge is 0.394 e. The summed E-state index contributed by atoms with van der Waals surface area (Å²) in [6.07, 6.45) is 49.1. The summed E-state index contributed by atoms with van der Waals surface area (Å²) >= 11 is 0. The third-order valence-electron chi connectivity index (χ3n) is 10.4. The average molecular weight is 706 g/mol. The molecule has 0 fully saturated rings. The minimum atomic E-state index is -1.16. The summed E-state index contributed by atoms with van der Waals surface area (Å²) in [4.78, 5) is 12.4. The van der Waals surface area contributed by atoms with Crippen molar-refractivity contribution in [1.82, 2.24) is 5.32 Å². The van der Waals surface area contributed by atoms with E-state index in [1.807, 2.05) is 13.0 Å². The van der Waals surface area contributed by atoms with Crippen LogP contribution in [0.1, 0.15) is 232 Å². The molecule has 5 nitrogen and oxygen atoms in total. The lowest BCUT2D eigenvalue weighted by Gasteiger charge is -2.26. The lowest BCUT2D eigenvalue weighted by atomic mass is 10.0. The van der Waals surface area contributed by atoms with Gasteiger partial charge in [0.15, 0.2) is 0 Å². The van der Waals surface area contributed by atoms with Gasteiger partial charge in [0.05, 0.1) is 18.8 Å². The first kappa shape index (κ1) is 48.8. The Balaban J connectivity index is 3.46. The predicted molar refractivity (Wildman–Crippen MR) is 218 cm³/mol. The van der Waals surface area contributed by atoms with Gasteiger partial charge in [0, 0.05) is 6.42 Å². The Kier molecular flexibility index (Phi) is 39.6. The highest BCUT2D eigenvalue weighted by Gasteiger charge is 2.26. The van der Waals surface area contributed by atoms with E-state index in [0.29, 0.717) is 12.8 Å². The molecule has 0 aromatic carbocycles. The Bertz CT molecular complexity index is 739. The zero-order valence-electron chi connectivity index (χ0n) is 33.5. The van der Waals surface area contributed by atoms with E-state index in [-0.39, 0.29) is 12.5 Å². The van der Waals surface area contributed by atoms with Crippen LogP contribution in [0.25, 0.3) is 0 Å². The zero-order chi connectivity index (χ0) is 36.6. The molecule has 0 spiro atoms. The topological polar surface area (TPSA) is 89.8 Å². The average Bonchev–Trinajstić information content (AvgIpc) is 3.12. The van der Waals surface area contributed by atoms with Crippen LogP contribution in [-0.2, 0) is 4.79 Å². The lowest BCUT2D eigenvalue weighted by Crippen LogP contribution is -2.50. The number of amides is 1. The Morgan fingerprint density at radius 2 is 0.880 bits per heavy atom. The summed E-state index contributed by atoms with van der Waals surface area (Å²) in [5, 5.41) is 33.2. The Hall–Kier alpha value is -1.17. The van der Waals surface area contributed by atoms with Gasteiger partial charge in [-0.3, -0.25) is 4.79 Å². The van der Waals surface area contributed by atoms with Gasteiger partial charge in [-0.15, -0.1) is 0 Å². The molecular formula is C45H87NO4. The molecule has 4 N–H and O–H groups in total. The summed E-state index contributed by atoms with van der Waals surface area (Å²) in [6.45, 7) is 3.93. The fourth-order valence-electron chi connectivity index (χ4n) is 6.95. The Labute approximate surface area is 312 Å². The van der Waals surface area contributed by atoms with E-state index in [0.717, 1.165) is 44.9 Å².